The summed E-state index contributed by atoms with van der Waals surface area (Å²) in [5.74, 6) is 1.46. The van der Waals surface area contributed by atoms with Crippen LogP contribution in [0.2, 0.25) is 0 Å². The molecule has 0 bridgehead atoms. The van der Waals surface area contributed by atoms with Crippen molar-refractivity contribution in [1.29, 1.82) is 0 Å². The van der Waals surface area contributed by atoms with E-state index < -0.39 is 0 Å². The van der Waals surface area contributed by atoms with E-state index in [4.69, 9.17) is 9.47 Å². The number of carbonyl (C=O) groups excluding carboxylic acids is 1. The average Bonchev–Trinajstić information content (AvgIpc) is 3.41. The molecule has 0 spiro atoms. The third-order valence-corrected chi connectivity index (χ3v) is 6.10. The summed E-state index contributed by atoms with van der Waals surface area (Å²) in [5.41, 5.74) is 5.67. The Bertz CT molecular complexity index is 1270. The minimum Gasteiger partial charge on any atom is -0.454 e. The summed E-state index contributed by atoms with van der Waals surface area (Å²) < 4.78 is 12.9. The van der Waals surface area contributed by atoms with Crippen LogP contribution in [0.5, 0.6) is 11.5 Å². The molecule has 0 aliphatic carbocycles. The molecule has 0 fully saturated rings. The molecule has 5 heteroatoms. The number of nitrogens with one attached hydrogen (secondary N) is 1. The van der Waals surface area contributed by atoms with Gasteiger partial charge in [0.25, 0.3) is 0 Å². The number of aryl methyl sites for hydroxylation is 2. The lowest BCUT2D eigenvalue weighted by Gasteiger charge is -2.18. The van der Waals surface area contributed by atoms with Gasteiger partial charge in [-0.2, -0.15) is 0 Å². The highest BCUT2D eigenvalue weighted by Gasteiger charge is 2.22. The molecule has 3 aromatic carbocycles. The molecule has 32 heavy (non-hydrogen) atoms. The zero-order valence-electron chi connectivity index (χ0n) is 18.3. The lowest BCUT2D eigenvalue weighted by molar-refractivity contribution is -0.121. The fourth-order valence-corrected chi connectivity index (χ4v) is 4.37. The summed E-state index contributed by atoms with van der Waals surface area (Å²) in [6.45, 7) is 2.77. The molecule has 162 valence electrons. The monoisotopic (exact) mass is 426 g/mol. The molecule has 4 aromatic rings. The Balaban J connectivity index is 1.39. The second-order valence-corrected chi connectivity index (χ2v) is 8.34. The number of carbonyl (C=O) groups is 1. The standard InChI is InChI=1S/C27H26N2O3/c1-18-7-10-20(11-8-18)22(23-16-29(2)24-6-4-3-5-21(23)24)14-27(30)28-15-19-9-12-25-26(13-19)32-17-31-25/h3-13,16,22H,14-15,17H2,1-2H3,(H,28,30). The van der Waals surface area contributed by atoms with E-state index >= 15 is 0 Å². The summed E-state index contributed by atoms with van der Waals surface area (Å²) in [7, 11) is 2.05. The molecule has 1 N–H and O–H groups in total. The molecule has 0 radical (unpaired) electrons. The molecule has 1 aliphatic heterocycles. The van der Waals surface area contributed by atoms with Gasteiger partial charge in [0.1, 0.15) is 0 Å². The third-order valence-electron chi connectivity index (χ3n) is 6.10. The van der Waals surface area contributed by atoms with Gasteiger partial charge < -0.3 is 19.4 Å². The second-order valence-electron chi connectivity index (χ2n) is 8.34. The van der Waals surface area contributed by atoms with E-state index in [-0.39, 0.29) is 18.6 Å². The summed E-state index contributed by atoms with van der Waals surface area (Å²) in [6.07, 6.45) is 2.53. The van der Waals surface area contributed by atoms with E-state index in [9.17, 15) is 4.79 Å². The highest BCUT2D eigenvalue weighted by Crippen LogP contribution is 2.35. The van der Waals surface area contributed by atoms with Gasteiger partial charge in [-0.25, -0.2) is 0 Å². The molecular formula is C27H26N2O3. The maximum atomic E-state index is 13.0. The SMILES string of the molecule is Cc1ccc(C(CC(=O)NCc2ccc3c(c2)OCO3)c2cn(C)c3ccccc23)cc1. The lowest BCUT2D eigenvalue weighted by Crippen LogP contribution is -2.25. The van der Waals surface area contributed by atoms with E-state index in [2.05, 4.69) is 72.5 Å². The minimum absolute atomic E-state index is 0.0150. The van der Waals surface area contributed by atoms with E-state index in [1.807, 2.05) is 24.3 Å². The summed E-state index contributed by atoms with van der Waals surface area (Å²) >= 11 is 0. The van der Waals surface area contributed by atoms with Gasteiger partial charge in [0.05, 0.1) is 0 Å². The number of fused-ring (bicyclic) bond motifs is 2. The molecule has 0 saturated heterocycles. The van der Waals surface area contributed by atoms with Crippen molar-refractivity contribution in [3.05, 3.63) is 95.2 Å². The van der Waals surface area contributed by atoms with Crippen LogP contribution in [-0.4, -0.2) is 17.3 Å². The topological polar surface area (TPSA) is 52.5 Å². The quantitative estimate of drug-likeness (QED) is 0.469. The van der Waals surface area contributed by atoms with Gasteiger partial charge in [0.2, 0.25) is 12.7 Å². The van der Waals surface area contributed by atoms with Crippen LogP contribution in [-0.2, 0) is 18.4 Å². The number of nitrogens with zero attached hydrogens (tertiary/aromatic N) is 1. The van der Waals surface area contributed by atoms with Gasteiger partial charge in [0.15, 0.2) is 11.5 Å². The predicted molar refractivity (Wildman–Crippen MR) is 125 cm³/mol. The van der Waals surface area contributed by atoms with Crippen molar-refractivity contribution in [1.82, 2.24) is 9.88 Å². The molecule has 1 amide bonds. The third kappa shape index (κ3) is 3.94. The van der Waals surface area contributed by atoms with E-state index in [1.54, 1.807) is 0 Å². The number of para-hydroxylation sites is 1. The van der Waals surface area contributed by atoms with Gasteiger partial charge >= 0.3 is 0 Å². The lowest BCUT2D eigenvalue weighted by atomic mass is 9.87. The Labute approximate surface area is 187 Å². The highest BCUT2D eigenvalue weighted by molar-refractivity contribution is 5.86. The number of rotatable bonds is 6. The number of hydrogen-bond acceptors (Lipinski definition) is 3. The fourth-order valence-electron chi connectivity index (χ4n) is 4.37. The largest absolute Gasteiger partial charge is 0.454 e. The van der Waals surface area contributed by atoms with Crippen LogP contribution in [0.4, 0.5) is 0 Å². The Morgan fingerprint density at radius 3 is 2.66 bits per heavy atom. The van der Waals surface area contributed by atoms with Crippen LogP contribution in [0.15, 0.2) is 72.9 Å². The van der Waals surface area contributed by atoms with E-state index in [0.717, 1.165) is 22.6 Å². The number of hydrogen-bond donors (Lipinski definition) is 1. The van der Waals surface area contributed by atoms with Crippen molar-refractivity contribution < 1.29 is 14.3 Å². The first-order valence-electron chi connectivity index (χ1n) is 10.8. The zero-order chi connectivity index (χ0) is 22.1. The van der Waals surface area contributed by atoms with Crippen LogP contribution in [0.25, 0.3) is 10.9 Å². The normalized spacial score (nSPS) is 13.3. The van der Waals surface area contributed by atoms with Crippen molar-refractivity contribution in [2.45, 2.75) is 25.8 Å². The van der Waals surface area contributed by atoms with Gasteiger partial charge in [-0.05, 0) is 41.8 Å². The fraction of sp³-hybridized carbons (Fsp3) is 0.222. The Hall–Kier alpha value is -3.73. The number of aromatic nitrogens is 1. The van der Waals surface area contributed by atoms with Gasteiger partial charge in [0, 0.05) is 43.0 Å². The summed E-state index contributed by atoms with van der Waals surface area (Å²) in [6, 6.07) is 22.6. The van der Waals surface area contributed by atoms with Crippen molar-refractivity contribution in [2.24, 2.45) is 7.05 Å². The molecule has 0 saturated carbocycles. The number of benzene rings is 3. The highest BCUT2D eigenvalue weighted by atomic mass is 16.7. The first-order valence-corrected chi connectivity index (χ1v) is 10.8. The van der Waals surface area contributed by atoms with Gasteiger partial charge in [-0.15, -0.1) is 0 Å². The molecule has 5 nitrogen and oxygen atoms in total. The molecule has 2 heterocycles. The minimum atomic E-state index is -0.0292. The molecule has 1 unspecified atom stereocenters. The first-order chi connectivity index (χ1) is 15.6. The Morgan fingerprint density at radius 1 is 1.03 bits per heavy atom. The summed E-state index contributed by atoms with van der Waals surface area (Å²) in [5, 5.41) is 4.27. The Morgan fingerprint density at radius 2 is 1.81 bits per heavy atom. The van der Waals surface area contributed by atoms with Crippen LogP contribution >= 0.6 is 0 Å². The van der Waals surface area contributed by atoms with E-state index in [0.29, 0.717) is 13.0 Å². The molecular weight excluding hydrogens is 400 g/mol. The maximum absolute atomic E-state index is 13.0. The van der Waals surface area contributed by atoms with Crippen LogP contribution in [0, 0.1) is 6.92 Å². The van der Waals surface area contributed by atoms with Crippen molar-refractivity contribution >= 4 is 16.8 Å². The molecule has 5 rings (SSSR count). The number of amides is 1. The van der Waals surface area contributed by atoms with Gasteiger partial charge in [-0.3, -0.25) is 4.79 Å². The van der Waals surface area contributed by atoms with Crippen LogP contribution in [0.3, 0.4) is 0 Å². The van der Waals surface area contributed by atoms with Crippen LogP contribution < -0.4 is 14.8 Å². The molecule has 1 aliphatic rings. The number of ether oxygens (including phenoxy) is 2. The summed E-state index contributed by atoms with van der Waals surface area (Å²) in [4.78, 5) is 13.0. The second kappa shape index (κ2) is 8.42. The smallest absolute Gasteiger partial charge is 0.231 e. The Kier molecular flexibility index (Phi) is 5.31. The van der Waals surface area contributed by atoms with Crippen LogP contribution in [0.1, 0.15) is 34.6 Å². The van der Waals surface area contributed by atoms with Gasteiger partial charge in [-0.1, -0.05) is 54.1 Å². The first kappa shape index (κ1) is 20.2. The average molecular weight is 427 g/mol. The van der Waals surface area contributed by atoms with Crippen molar-refractivity contribution in [2.75, 3.05) is 6.79 Å². The maximum Gasteiger partial charge on any atom is 0.231 e. The molecule has 1 aromatic heterocycles. The molecule has 1 atom stereocenters. The van der Waals surface area contributed by atoms with Crippen molar-refractivity contribution in [3.63, 3.8) is 0 Å². The zero-order valence-corrected chi connectivity index (χ0v) is 18.3. The van der Waals surface area contributed by atoms with Crippen molar-refractivity contribution in [3.8, 4) is 11.5 Å². The predicted octanol–water partition coefficient (Wildman–Crippen LogP) is 5.05. The van der Waals surface area contributed by atoms with E-state index in [1.165, 1.54) is 22.0 Å².